The predicted octanol–water partition coefficient (Wildman–Crippen LogP) is 3.02. The molecular formula is C16H20N2O. The maximum atomic E-state index is 5.48. The zero-order valence-corrected chi connectivity index (χ0v) is 11.9. The van der Waals surface area contributed by atoms with Gasteiger partial charge in [-0.1, -0.05) is 17.7 Å². The molecule has 0 saturated heterocycles. The van der Waals surface area contributed by atoms with Crippen molar-refractivity contribution in [1.29, 1.82) is 0 Å². The molecule has 0 bridgehead atoms. The SMILES string of the molecule is CNC(c1cnccc1C)c1cc(C)ccc1OC. The summed E-state index contributed by atoms with van der Waals surface area (Å²) in [5, 5.41) is 3.36. The van der Waals surface area contributed by atoms with E-state index < -0.39 is 0 Å². The number of aryl methyl sites for hydroxylation is 2. The summed E-state index contributed by atoms with van der Waals surface area (Å²) in [5.41, 5.74) is 4.76. The number of pyridine rings is 1. The second-order valence-electron chi connectivity index (χ2n) is 4.70. The summed E-state index contributed by atoms with van der Waals surface area (Å²) in [6.07, 6.45) is 3.73. The summed E-state index contributed by atoms with van der Waals surface area (Å²) in [4.78, 5) is 4.24. The number of aromatic nitrogens is 1. The molecule has 1 heterocycles. The highest BCUT2D eigenvalue weighted by molar-refractivity contribution is 5.44. The van der Waals surface area contributed by atoms with Crippen LogP contribution in [0.4, 0.5) is 0 Å². The summed E-state index contributed by atoms with van der Waals surface area (Å²) >= 11 is 0. The van der Waals surface area contributed by atoms with Crippen LogP contribution in [0.2, 0.25) is 0 Å². The molecule has 3 heteroatoms. The zero-order valence-electron chi connectivity index (χ0n) is 11.9. The minimum Gasteiger partial charge on any atom is -0.496 e. The number of benzene rings is 1. The van der Waals surface area contributed by atoms with Crippen molar-refractivity contribution in [3.63, 3.8) is 0 Å². The molecule has 3 nitrogen and oxygen atoms in total. The normalized spacial score (nSPS) is 12.2. The molecular weight excluding hydrogens is 236 g/mol. The molecule has 0 aliphatic carbocycles. The van der Waals surface area contributed by atoms with Gasteiger partial charge in [0.25, 0.3) is 0 Å². The molecule has 1 atom stereocenters. The average molecular weight is 256 g/mol. The van der Waals surface area contributed by atoms with Crippen molar-refractivity contribution in [2.75, 3.05) is 14.2 Å². The molecule has 0 amide bonds. The fraction of sp³-hybridized carbons (Fsp3) is 0.312. The number of hydrogen-bond acceptors (Lipinski definition) is 3. The Hall–Kier alpha value is -1.87. The van der Waals surface area contributed by atoms with E-state index in [1.165, 1.54) is 16.7 Å². The van der Waals surface area contributed by atoms with E-state index in [0.717, 1.165) is 11.3 Å². The molecule has 1 N–H and O–H groups in total. The van der Waals surface area contributed by atoms with Crippen LogP contribution in [0.5, 0.6) is 5.75 Å². The van der Waals surface area contributed by atoms with Crippen LogP contribution in [0.15, 0.2) is 36.7 Å². The summed E-state index contributed by atoms with van der Waals surface area (Å²) in [5.74, 6) is 0.896. The van der Waals surface area contributed by atoms with E-state index in [1.54, 1.807) is 7.11 Å². The van der Waals surface area contributed by atoms with Gasteiger partial charge in [-0.2, -0.15) is 0 Å². The van der Waals surface area contributed by atoms with Gasteiger partial charge in [0.2, 0.25) is 0 Å². The quantitative estimate of drug-likeness (QED) is 0.913. The van der Waals surface area contributed by atoms with Gasteiger partial charge in [0.15, 0.2) is 0 Å². The summed E-state index contributed by atoms with van der Waals surface area (Å²) in [7, 11) is 3.66. The van der Waals surface area contributed by atoms with Crippen molar-refractivity contribution in [3.8, 4) is 5.75 Å². The average Bonchev–Trinajstić information content (AvgIpc) is 2.42. The van der Waals surface area contributed by atoms with E-state index in [4.69, 9.17) is 4.74 Å². The molecule has 0 saturated carbocycles. The van der Waals surface area contributed by atoms with Gasteiger partial charge >= 0.3 is 0 Å². The van der Waals surface area contributed by atoms with E-state index in [-0.39, 0.29) is 6.04 Å². The highest BCUT2D eigenvalue weighted by Gasteiger charge is 2.18. The van der Waals surface area contributed by atoms with Crippen molar-refractivity contribution in [3.05, 3.63) is 58.9 Å². The van der Waals surface area contributed by atoms with Gasteiger partial charge < -0.3 is 10.1 Å². The molecule has 1 unspecified atom stereocenters. The third-order valence-corrected chi connectivity index (χ3v) is 3.38. The Balaban J connectivity index is 2.54. The molecule has 0 aliphatic rings. The van der Waals surface area contributed by atoms with Crippen LogP contribution in [0.25, 0.3) is 0 Å². The maximum Gasteiger partial charge on any atom is 0.124 e. The number of ether oxygens (including phenoxy) is 1. The Bertz CT molecular complexity index is 566. The lowest BCUT2D eigenvalue weighted by molar-refractivity contribution is 0.405. The van der Waals surface area contributed by atoms with Crippen molar-refractivity contribution in [1.82, 2.24) is 10.3 Å². The maximum absolute atomic E-state index is 5.48. The highest BCUT2D eigenvalue weighted by Crippen LogP contribution is 2.31. The topological polar surface area (TPSA) is 34.2 Å². The van der Waals surface area contributed by atoms with Crippen LogP contribution < -0.4 is 10.1 Å². The van der Waals surface area contributed by atoms with Crippen molar-refractivity contribution in [2.45, 2.75) is 19.9 Å². The van der Waals surface area contributed by atoms with Gasteiger partial charge in [-0.25, -0.2) is 0 Å². The van der Waals surface area contributed by atoms with E-state index in [0.29, 0.717) is 0 Å². The number of methoxy groups -OCH3 is 1. The Morgan fingerprint density at radius 3 is 2.58 bits per heavy atom. The Morgan fingerprint density at radius 2 is 1.95 bits per heavy atom. The smallest absolute Gasteiger partial charge is 0.124 e. The Morgan fingerprint density at radius 1 is 1.16 bits per heavy atom. The lowest BCUT2D eigenvalue weighted by Gasteiger charge is -2.21. The molecule has 100 valence electrons. The van der Waals surface area contributed by atoms with Crippen molar-refractivity contribution in [2.24, 2.45) is 0 Å². The summed E-state index contributed by atoms with van der Waals surface area (Å²) in [6.45, 7) is 4.19. The summed E-state index contributed by atoms with van der Waals surface area (Å²) < 4.78 is 5.48. The second kappa shape index (κ2) is 5.85. The number of rotatable bonds is 4. The third-order valence-electron chi connectivity index (χ3n) is 3.38. The first-order chi connectivity index (χ1) is 9.17. The Kier molecular flexibility index (Phi) is 4.17. The van der Waals surface area contributed by atoms with E-state index in [9.17, 15) is 0 Å². The minimum absolute atomic E-state index is 0.0866. The van der Waals surface area contributed by atoms with Gasteiger partial charge in [0.05, 0.1) is 13.2 Å². The highest BCUT2D eigenvalue weighted by atomic mass is 16.5. The van der Waals surface area contributed by atoms with Gasteiger partial charge in [0.1, 0.15) is 5.75 Å². The van der Waals surface area contributed by atoms with Gasteiger partial charge in [-0.05, 0) is 44.2 Å². The molecule has 0 fully saturated rings. The zero-order chi connectivity index (χ0) is 13.8. The number of hydrogen-bond donors (Lipinski definition) is 1. The van der Waals surface area contributed by atoms with Crippen LogP contribution in [-0.4, -0.2) is 19.1 Å². The monoisotopic (exact) mass is 256 g/mol. The number of nitrogens with one attached hydrogen (secondary N) is 1. The van der Waals surface area contributed by atoms with Gasteiger partial charge in [-0.15, -0.1) is 0 Å². The van der Waals surface area contributed by atoms with Crippen LogP contribution in [0.1, 0.15) is 28.3 Å². The first-order valence-electron chi connectivity index (χ1n) is 6.39. The van der Waals surface area contributed by atoms with Gasteiger partial charge in [0, 0.05) is 18.0 Å². The second-order valence-corrected chi connectivity index (χ2v) is 4.70. The first kappa shape index (κ1) is 13.6. The van der Waals surface area contributed by atoms with E-state index in [2.05, 4.69) is 36.3 Å². The van der Waals surface area contributed by atoms with Crippen LogP contribution in [0.3, 0.4) is 0 Å². The van der Waals surface area contributed by atoms with E-state index in [1.807, 2.05) is 31.6 Å². The minimum atomic E-state index is 0.0866. The third kappa shape index (κ3) is 2.76. The largest absolute Gasteiger partial charge is 0.496 e. The van der Waals surface area contributed by atoms with Crippen LogP contribution in [-0.2, 0) is 0 Å². The first-order valence-corrected chi connectivity index (χ1v) is 6.39. The molecule has 2 aromatic rings. The molecule has 2 rings (SSSR count). The van der Waals surface area contributed by atoms with Crippen LogP contribution >= 0.6 is 0 Å². The molecule has 0 aliphatic heterocycles. The summed E-state index contributed by atoms with van der Waals surface area (Å²) in [6, 6.07) is 8.35. The molecule has 0 radical (unpaired) electrons. The lowest BCUT2D eigenvalue weighted by atomic mass is 9.95. The molecule has 1 aromatic carbocycles. The molecule has 1 aromatic heterocycles. The molecule has 0 spiro atoms. The van der Waals surface area contributed by atoms with Crippen molar-refractivity contribution >= 4 is 0 Å². The van der Waals surface area contributed by atoms with Gasteiger partial charge in [-0.3, -0.25) is 4.98 Å². The van der Waals surface area contributed by atoms with Crippen molar-refractivity contribution < 1.29 is 4.74 Å². The lowest BCUT2D eigenvalue weighted by Crippen LogP contribution is -2.19. The fourth-order valence-electron chi connectivity index (χ4n) is 2.34. The molecule has 19 heavy (non-hydrogen) atoms. The van der Waals surface area contributed by atoms with E-state index >= 15 is 0 Å². The number of nitrogens with zero attached hydrogens (tertiary/aromatic N) is 1. The van der Waals surface area contributed by atoms with Crippen LogP contribution in [0, 0.1) is 13.8 Å². The standard InChI is InChI=1S/C16H20N2O/c1-11-5-6-15(19-4)13(9-11)16(17-3)14-10-18-8-7-12(14)2/h5-10,16-17H,1-4H3. The Labute approximate surface area is 114 Å². The predicted molar refractivity (Wildman–Crippen MR) is 77.6 cm³/mol. The fourth-order valence-corrected chi connectivity index (χ4v) is 2.34.